The zero-order chi connectivity index (χ0) is 28.1. The van der Waals surface area contributed by atoms with Crippen LogP contribution in [-0.4, -0.2) is 63.0 Å². The van der Waals surface area contributed by atoms with Gasteiger partial charge < -0.3 is 15.1 Å². The van der Waals surface area contributed by atoms with Gasteiger partial charge in [0.1, 0.15) is 24.6 Å². The van der Waals surface area contributed by atoms with E-state index in [0.29, 0.717) is 13.0 Å². The first-order chi connectivity index (χ1) is 18.7. The number of urea groups is 1. The second kappa shape index (κ2) is 12.3. The third-order valence-electron chi connectivity index (χ3n) is 7.47. The molecule has 4 rings (SSSR count). The average Bonchev–Trinajstić information content (AvgIpc) is 2.93. The lowest BCUT2D eigenvalue weighted by Gasteiger charge is -2.55. The number of fused-ring (bicyclic) bond motifs is 1. The Bertz CT molecular complexity index is 1210. The average molecular weight is 536 g/mol. The third kappa shape index (κ3) is 6.24. The molecule has 2 saturated heterocycles. The van der Waals surface area contributed by atoms with Crippen molar-refractivity contribution in [2.45, 2.75) is 72.3 Å². The van der Waals surface area contributed by atoms with Crippen LogP contribution in [-0.2, 0) is 22.7 Å². The SMILES string of the molecule is C/C=C(\C)N1CC(=O)N2[C@@H](CCCC)C(=O)N(Cc3ccc(C)cc3)C[C@@H]2N1C(=O)NCc1ccc(F)cc1. The molecule has 8 nitrogen and oxygen atoms in total. The molecule has 208 valence electrons. The highest BCUT2D eigenvalue weighted by Crippen LogP contribution is 2.31. The molecule has 0 aliphatic carbocycles. The molecular weight excluding hydrogens is 497 g/mol. The number of piperazine rings is 1. The second-order valence-corrected chi connectivity index (χ2v) is 10.3. The summed E-state index contributed by atoms with van der Waals surface area (Å²) in [4.78, 5) is 44.5. The van der Waals surface area contributed by atoms with Crippen molar-refractivity contribution >= 4 is 17.8 Å². The van der Waals surface area contributed by atoms with Gasteiger partial charge in [0.15, 0.2) is 0 Å². The van der Waals surface area contributed by atoms with Gasteiger partial charge in [-0.15, -0.1) is 0 Å². The molecule has 1 N–H and O–H groups in total. The Labute approximate surface area is 230 Å². The molecule has 2 heterocycles. The molecule has 39 heavy (non-hydrogen) atoms. The Morgan fingerprint density at radius 1 is 1.08 bits per heavy atom. The normalized spacial score (nSPS) is 19.9. The van der Waals surface area contributed by atoms with E-state index in [1.54, 1.807) is 32.0 Å². The first-order valence-electron chi connectivity index (χ1n) is 13.6. The fraction of sp³-hybridized carbons (Fsp3) is 0.433. The fourth-order valence-electron chi connectivity index (χ4n) is 5.16. The topological polar surface area (TPSA) is 76.2 Å². The van der Waals surface area contributed by atoms with Crippen LogP contribution in [0.4, 0.5) is 9.18 Å². The van der Waals surface area contributed by atoms with Crippen molar-refractivity contribution in [1.82, 2.24) is 25.1 Å². The Morgan fingerprint density at radius 3 is 2.38 bits per heavy atom. The van der Waals surface area contributed by atoms with Crippen molar-refractivity contribution < 1.29 is 18.8 Å². The standard InChI is InChI=1S/C30H38FN5O3/c1-5-7-8-26-29(38)33(18-24-11-9-21(3)10-12-24)19-27-35(26)28(37)20-34(22(4)6-2)36(27)30(39)32-17-23-13-15-25(31)16-14-23/h6,9-16,26-27H,5,7-8,17-20H2,1-4H3,(H,32,39)/b22-6+/t26-,27-/m0/s1. The molecule has 0 bridgehead atoms. The highest BCUT2D eigenvalue weighted by molar-refractivity contribution is 5.91. The van der Waals surface area contributed by atoms with Crippen molar-refractivity contribution in [2.24, 2.45) is 0 Å². The van der Waals surface area contributed by atoms with Crippen molar-refractivity contribution in [2.75, 3.05) is 13.1 Å². The number of hydrogen-bond acceptors (Lipinski definition) is 4. The molecule has 2 fully saturated rings. The van der Waals surface area contributed by atoms with Crippen LogP contribution in [0.3, 0.4) is 0 Å². The lowest BCUT2D eigenvalue weighted by Crippen LogP contribution is -2.76. The van der Waals surface area contributed by atoms with Gasteiger partial charge in [-0.05, 0) is 50.5 Å². The molecule has 0 radical (unpaired) electrons. The Hall–Kier alpha value is -3.88. The molecule has 9 heteroatoms. The van der Waals surface area contributed by atoms with Crippen LogP contribution in [0, 0.1) is 12.7 Å². The number of nitrogens with zero attached hydrogens (tertiary/aromatic N) is 4. The molecule has 0 spiro atoms. The maximum atomic E-state index is 13.8. The van der Waals surface area contributed by atoms with Crippen molar-refractivity contribution in [1.29, 1.82) is 0 Å². The monoisotopic (exact) mass is 535 g/mol. The Morgan fingerprint density at radius 2 is 1.74 bits per heavy atom. The number of allylic oxidation sites excluding steroid dienone is 2. The van der Waals surface area contributed by atoms with Crippen LogP contribution in [0.15, 0.2) is 60.3 Å². The van der Waals surface area contributed by atoms with Crippen molar-refractivity contribution in [3.8, 4) is 0 Å². The van der Waals surface area contributed by atoms with E-state index in [1.807, 2.05) is 51.1 Å². The number of carbonyl (C=O) groups excluding carboxylic acids is 3. The molecule has 2 aromatic rings. The molecule has 2 atom stereocenters. The summed E-state index contributed by atoms with van der Waals surface area (Å²) >= 11 is 0. The summed E-state index contributed by atoms with van der Waals surface area (Å²) in [5, 5.41) is 6.21. The number of unbranched alkanes of at least 4 members (excludes halogenated alkanes) is 1. The molecule has 0 saturated carbocycles. The minimum Gasteiger partial charge on any atom is -0.333 e. The second-order valence-electron chi connectivity index (χ2n) is 10.3. The van der Waals surface area contributed by atoms with Crippen LogP contribution >= 0.6 is 0 Å². The van der Waals surface area contributed by atoms with Gasteiger partial charge in [0.2, 0.25) is 11.8 Å². The molecular formula is C30H38FN5O3. The van der Waals surface area contributed by atoms with Gasteiger partial charge in [0, 0.05) is 18.8 Å². The number of hydrazine groups is 1. The van der Waals surface area contributed by atoms with Gasteiger partial charge in [0.05, 0.1) is 6.54 Å². The van der Waals surface area contributed by atoms with E-state index in [0.717, 1.165) is 35.2 Å². The summed E-state index contributed by atoms with van der Waals surface area (Å²) in [6.07, 6.45) is 3.41. The highest BCUT2D eigenvalue weighted by atomic mass is 19.1. The number of nitrogens with one attached hydrogen (secondary N) is 1. The minimum atomic E-state index is -0.667. The van der Waals surface area contributed by atoms with Gasteiger partial charge in [-0.2, -0.15) is 0 Å². The molecule has 0 unspecified atom stereocenters. The fourth-order valence-corrected chi connectivity index (χ4v) is 5.16. The maximum absolute atomic E-state index is 13.8. The van der Waals surface area contributed by atoms with Crippen LogP contribution in [0.2, 0.25) is 0 Å². The first-order valence-corrected chi connectivity index (χ1v) is 13.6. The zero-order valence-electron chi connectivity index (χ0n) is 23.2. The van der Waals surface area contributed by atoms with E-state index >= 15 is 0 Å². The van der Waals surface area contributed by atoms with Crippen molar-refractivity contribution in [3.05, 3.63) is 82.8 Å². The van der Waals surface area contributed by atoms with Crippen LogP contribution in [0.5, 0.6) is 0 Å². The summed E-state index contributed by atoms with van der Waals surface area (Å²) < 4.78 is 13.4. The smallest absolute Gasteiger partial charge is 0.333 e. The van der Waals surface area contributed by atoms with E-state index in [1.165, 1.54) is 12.1 Å². The van der Waals surface area contributed by atoms with Crippen LogP contribution < -0.4 is 5.32 Å². The summed E-state index contributed by atoms with van der Waals surface area (Å²) in [7, 11) is 0. The molecule has 2 aliphatic heterocycles. The largest absolute Gasteiger partial charge is 0.338 e. The molecule has 4 amide bonds. The zero-order valence-corrected chi connectivity index (χ0v) is 23.2. The van der Waals surface area contributed by atoms with Crippen LogP contribution in [0.25, 0.3) is 0 Å². The number of hydrogen-bond donors (Lipinski definition) is 1. The Balaban J connectivity index is 1.67. The number of aryl methyl sites for hydroxylation is 1. The summed E-state index contributed by atoms with van der Waals surface area (Å²) in [6, 6.07) is 13.0. The highest BCUT2D eigenvalue weighted by Gasteiger charge is 2.51. The summed E-state index contributed by atoms with van der Waals surface area (Å²) in [5.74, 6) is -0.603. The summed E-state index contributed by atoms with van der Waals surface area (Å²) in [6.45, 7) is 8.54. The number of halogens is 1. The van der Waals surface area contributed by atoms with E-state index in [-0.39, 0.29) is 43.3 Å². The van der Waals surface area contributed by atoms with E-state index in [9.17, 15) is 18.8 Å². The number of amides is 4. The predicted molar refractivity (Wildman–Crippen MR) is 147 cm³/mol. The van der Waals surface area contributed by atoms with Gasteiger partial charge >= 0.3 is 6.03 Å². The molecule has 0 aromatic heterocycles. The van der Waals surface area contributed by atoms with Gasteiger partial charge in [-0.3, -0.25) is 14.6 Å². The number of benzene rings is 2. The lowest BCUT2D eigenvalue weighted by molar-refractivity contribution is -0.186. The molecule has 2 aromatic carbocycles. The quantitative estimate of drug-likeness (QED) is 0.538. The van der Waals surface area contributed by atoms with E-state index in [4.69, 9.17) is 0 Å². The van der Waals surface area contributed by atoms with Crippen molar-refractivity contribution in [3.63, 3.8) is 0 Å². The maximum Gasteiger partial charge on any atom is 0.338 e. The first kappa shape index (κ1) is 28.1. The van der Waals surface area contributed by atoms with Crippen LogP contribution in [0.1, 0.15) is 56.7 Å². The number of carbonyl (C=O) groups is 3. The lowest BCUT2D eigenvalue weighted by atomic mass is 10.00. The number of rotatable bonds is 8. The van der Waals surface area contributed by atoms with E-state index < -0.39 is 12.2 Å². The minimum absolute atomic E-state index is 0.0372. The van der Waals surface area contributed by atoms with Gasteiger partial charge in [-0.1, -0.05) is 67.8 Å². The third-order valence-corrected chi connectivity index (χ3v) is 7.47. The van der Waals surface area contributed by atoms with Gasteiger partial charge in [-0.25, -0.2) is 14.2 Å². The predicted octanol–water partition coefficient (Wildman–Crippen LogP) is 4.56. The van der Waals surface area contributed by atoms with E-state index in [2.05, 4.69) is 12.2 Å². The van der Waals surface area contributed by atoms with Gasteiger partial charge in [0.25, 0.3) is 0 Å². The Kier molecular flexibility index (Phi) is 8.89. The summed E-state index contributed by atoms with van der Waals surface area (Å²) in [5.41, 5.74) is 3.64. The molecule has 2 aliphatic rings.